The van der Waals surface area contributed by atoms with E-state index in [0.717, 1.165) is 31.6 Å². The van der Waals surface area contributed by atoms with Crippen molar-refractivity contribution < 1.29 is 9.59 Å². The van der Waals surface area contributed by atoms with Crippen LogP contribution in [-0.4, -0.2) is 36.3 Å². The van der Waals surface area contributed by atoms with Crippen molar-refractivity contribution >= 4 is 17.5 Å². The quantitative estimate of drug-likeness (QED) is 0.837. The van der Waals surface area contributed by atoms with Gasteiger partial charge in [-0.1, -0.05) is 6.07 Å². The van der Waals surface area contributed by atoms with Crippen LogP contribution in [0, 0.1) is 19.8 Å². The Morgan fingerprint density at radius 1 is 1.14 bits per heavy atom. The topological polar surface area (TPSA) is 40.6 Å². The molecular formula is C17H22N2O2. The highest BCUT2D eigenvalue weighted by atomic mass is 16.2. The molecule has 4 heteroatoms. The second kappa shape index (κ2) is 5.51. The van der Waals surface area contributed by atoms with Crippen molar-refractivity contribution in [3.05, 3.63) is 29.3 Å². The van der Waals surface area contributed by atoms with Crippen LogP contribution in [0.25, 0.3) is 0 Å². The van der Waals surface area contributed by atoms with Crippen LogP contribution in [0.5, 0.6) is 0 Å². The van der Waals surface area contributed by atoms with E-state index in [4.69, 9.17) is 0 Å². The van der Waals surface area contributed by atoms with Gasteiger partial charge in [-0.05, 0) is 49.9 Å². The van der Waals surface area contributed by atoms with Gasteiger partial charge in [0.1, 0.15) is 0 Å². The van der Waals surface area contributed by atoms with Crippen molar-refractivity contribution in [3.8, 4) is 0 Å². The third-order valence-corrected chi connectivity index (χ3v) is 4.69. The number of rotatable bonds is 2. The molecule has 2 saturated heterocycles. The first-order valence-electron chi connectivity index (χ1n) is 7.72. The Morgan fingerprint density at radius 3 is 2.52 bits per heavy atom. The lowest BCUT2D eigenvalue weighted by Gasteiger charge is -2.21. The van der Waals surface area contributed by atoms with Crippen LogP contribution in [0.3, 0.4) is 0 Å². The zero-order chi connectivity index (χ0) is 15.0. The summed E-state index contributed by atoms with van der Waals surface area (Å²) < 4.78 is 0. The van der Waals surface area contributed by atoms with Crippen LogP contribution in [0.2, 0.25) is 0 Å². The van der Waals surface area contributed by atoms with E-state index in [1.54, 1.807) is 4.90 Å². The fourth-order valence-electron chi connectivity index (χ4n) is 3.21. The van der Waals surface area contributed by atoms with E-state index in [9.17, 15) is 9.59 Å². The van der Waals surface area contributed by atoms with Crippen molar-refractivity contribution in [2.24, 2.45) is 5.92 Å². The Balaban J connectivity index is 1.74. The van der Waals surface area contributed by atoms with E-state index < -0.39 is 0 Å². The summed E-state index contributed by atoms with van der Waals surface area (Å²) in [6.45, 7) is 6.34. The predicted octanol–water partition coefficient (Wildman–Crippen LogP) is 2.28. The van der Waals surface area contributed by atoms with Crippen molar-refractivity contribution in [2.45, 2.75) is 33.1 Å². The molecule has 0 bridgehead atoms. The summed E-state index contributed by atoms with van der Waals surface area (Å²) in [5.74, 6) is 0.0557. The number of likely N-dealkylation sites (tertiary alicyclic amines) is 1. The summed E-state index contributed by atoms with van der Waals surface area (Å²) in [4.78, 5) is 28.4. The molecule has 0 radical (unpaired) electrons. The molecule has 0 saturated carbocycles. The molecule has 0 aliphatic carbocycles. The van der Waals surface area contributed by atoms with Crippen molar-refractivity contribution in [1.29, 1.82) is 0 Å². The van der Waals surface area contributed by atoms with Crippen LogP contribution in [0.4, 0.5) is 5.69 Å². The molecule has 2 fully saturated rings. The Hall–Kier alpha value is -1.84. The monoisotopic (exact) mass is 286 g/mol. The third-order valence-electron chi connectivity index (χ3n) is 4.69. The van der Waals surface area contributed by atoms with Gasteiger partial charge in [0.25, 0.3) is 0 Å². The fraction of sp³-hybridized carbons (Fsp3) is 0.529. The van der Waals surface area contributed by atoms with Gasteiger partial charge in [0, 0.05) is 31.7 Å². The summed E-state index contributed by atoms with van der Waals surface area (Å²) in [7, 11) is 0. The molecule has 3 rings (SSSR count). The van der Waals surface area contributed by atoms with Crippen LogP contribution in [-0.2, 0) is 9.59 Å². The summed E-state index contributed by atoms with van der Waals surface area (Å²) in [5, 5.41) is 0. The van der Waals surface area contributed by atoms with Crippen LogP contribution in [0.15, 0.2) is 18.2 Å². The maximum absolute atomic E-state index is 12.4. The number of carbonyl (C=O) groups excluding carboxylic acids is 2. The second-order valence-electron chi connectivity index (χ2n) is 6.21. The highest BCUT2D eigenvalue weighted by Crippen LogP contribution is 2.28. The van der Waals surface area contributed by atoms with E-state index in [1.807, 2.05) is 30.0 Å². The van der Waals surface area contributed by atoms with Crippen molar-refractivity contribution in [3.63, 3.8) is 0 Å². The Bertz CT molecular complexity index is 576. The minimum atomic E-state index is -0.169. The van der Waals surface area contributed by atoms with E-state index >= 15 is 0 Å². The molecule has 0 aromatic heterocycles. The van der Waals surface area contributed by atoms with E-state index in [2.05, 4.69) is 6.92 Å². The van der Waals surface area contributed by atoms with Gasteiger partial charge in [-0.3, -0.25) is 9.59 Å². The molecule has 2 aliphatic rings. The van der Waals surface area contributed by atoms with Crippen LogP contribution in [0.1, 0.15) is 30.4 Å². The normalized spacial score (nSPS) is 22.2. The minimum absolute atomic E-state index is 0.0656. The third kappa shape index (κ3) is 2.67. The molecule has 0 spiro atoms. The molecule has 1 aromatic carbocycles. The number of anilines is 1. The van der Waals surface area contributed by atoms with Gasteiger partial charge < -0.3 is 9.80 Å². The predicted molar refractivity (Wildman–Crippen MR) is 82.2 cm³/mol. The average Bonchev–Trinajstić information content (AvgIpc) is 3.10. The lowest BCUT2D eigenvalue weighted by molar-refractivity contribution is -0.134. The average molecular weight is 286 g/mol. The summed E-state index contributed by atoms with van der Waals surface area (Å²) in [5.41, 5.74) is 3.31. The Morgan fingerprint density at radius 2 is 1.86 bits per heavy atom. The summed E-state index contributed by atoms with van der Waals surface area (Å²) >= 11 is 0. The van der Waals surface area contributed by atoms with Crippen LogP contribution >= 0.6 is 0 Å². The van der Waals surface area contributed by atoms with Crippen molar-refractivity contribution in [1.82, 2.24) is 4.90 Å². The molecule has 0 N–H and O–H groups in total. The zero-order valence-corrected chi connectivity index (χ0v) is 12.8. The van der Waals surface area contributed by atoms with Gasteiger partial charge in [0.2, 0.25) is 11.8 Å². The zero-order valence-electron chi connectivity index (χ0n) is 12.8. The molecule has 2 heterocycles. The molecular weight excluding hydrogens is 264 g/mol. The number of nitrogens with zero attached hydrogens (tertiary/aromatic N) is 2. The van der Waals surface area contributed by atoms with Gasteiger partial charge in [-0.2, -0.15) is 0 Å². The first-order valence-corrected chi connectivity index (χ1v) is 7.72. The van der Waals surface area contributed by atoms with Gasteiger partial charge >= 0.3 is 0 Å². The molecule has 1 aromatic rings. The number of amides is 2. The highest BCUT2D eigenvalue weighted by Gasteiger charge is 2.37. The van der Waals surface area contributed by atoms with Crippen LogP contribution < -0.4 is 4.90 Å². The lowest BCUT2D eigenvalue weighted by atomic mass is 10.1. The molecule has 4 nitrogen and oxygen atoms in total. The first kappa shape index (κ1) is 14.1. The molecule has 2 aliphatic heterocycles. The number of hydrogen-bond acceptors (Lipinski definition) is 2. The minimum Gasteiger partial charge on any atom is -0.342 e. The maximum Gasteiger partial charge on any atom is 0.228 e. The number of benzene rings is 1. The van der Waals surface area contributed by atoms with E-state index in [1.165, 1.54) is 11.1 Å². The Labute approximate surface area is 125 Å². The Kier molecular flexibility index (Phi) is 3.70. The van der Waals surface area contributed by atoms with Gasteiger partial charge in [0.05, 0.1) is 5.92 Å². The molecule has 2 amide bonds. The molecule has 21 heavy (non-hydrogen) atoms. The van der Waals surface area contributed by atoms with Crippen molar-refractivity contribution in [2.75, 3.05) is 24.5 Å². The van der Waals surface area contributed by atoms with Gasteiger partial charge in [0.15, 0.2) is 0 Å². The smallest absolute Gasteiger partial charge is 0.228 e. The highest BCUT2D eigenvalue weighted by molar-refractivity contribution is 6.00. The summed E-state index contributed by atoms with van der Waals surface area (Å²) in [6.07, 6.45) is 2.53. The standard InChI is InChI=1S/C17H22N2O2/c1-12-5-6-15(9-13(12)2)19-11-14(10-16(19)20)17(21)18-7-3-4-8-18/h5-6,9,14H,3-4,7-8,10-11H2,1-2H3/t14-/m1/s1. The second-order valence-corrected chi connectivity index (χ2v) is 6.21. The van der Waals surface area contributed by atoms with E-state index in [-0.39, 0.29) is 17.7 Å². The first-order chi connectivity index (χ1) is 10.1. The van der Waals surface area contributed by atoms with Gasteiger partial charge in [-0.15, -0.1) is 0 Å². The molecule has 112 valence electrons. The maximum atomic E-state index is 12.4. The SMILES string of the molecule is Cc1ccc(N2C[C@H](C(=O)N3CCCC3)CC2=O)cc1C. The molecule has 0 unspecified atom stereocenters. The lowest BCUT2D eigenvalue weighted by Crippen LogP contribution is -2.35. The fourth-order valence-corrected chi connectivity index (χ4v) is 3.21. The number of aryl methyl sites for hydroxylation is 2. The molecule has 1 atom stereocenters. The van der Waals surface area contributed by atoms with Gasteiger partial charge in [-0.25, -0.2) is 0 Å². The van der Waals surface area contributed by atoms with E-state index in [0.29, 0.717) is 13.0 Å². The number of hydrogen-bond donors (Lipinski definition) is 0. The largest absolute Gasteiger partial charge is 0.342 e. The summed E-state index contributed by atoms with van der Waals surface area (Å²) in [6, 6.07) is 6.05. The number of carbonyl (C=O) groups is 2.